The van der Waals surface area contributed by atoms with E-state index in [0.29, 0.717) is 26.2 Å². The number of likely N-dealkylation sites (N-methyl/N-ethyl adjacent to an activating group) is 1. The van der Waals surface area contributed by atoms with Crippen molar-refractivity contribution in [2.45, 2.75) is 37.7 Å². The van der Waals surface area contributed by atoms with Crippen LogP contribution in [0.5, 0.6) is 0 Å². The van der Waals surface area contributed by atoms with Gasteiger partial charge in [0.25, 0.3) is 5.91 Å². The van der Waals surface area contributed by atoms with Crippen molar-refractivity contribution in [1.82, 2.24) is 15.1 Å². The number of amides is 2. The first-order chi connectivity index (χ1) is 12.6. The molecule has 6 nitrogen and oxygen atoms in total. The molecular weight excluding hydrogens is 386 g/mol. The second kappa shape index (κ2) is 8.47. The number of nitrogens with one attached hydrogen (secondary N) is 1. The van der Waals surface area contributed by atoms with E-state index in [1.165, 1.54) is 10.4 Å². The minimum absolute atomic E-state index is 0. The van der Waals surface area contributed by atoms with Crippen molar-refractivity contribution in [1.29, 1.82) is 0 Å². The quantitative estimate of drug-likeness (QED) is 0.823. The van der Waals surface area contributed by atoms with Gasteiger partial charge in [0.05, 0.1) is 18.0 Å². The van der Waals surface area contributed by atoms with Crippen LogP contribution in [0, 0.1) is 0 Å². The van der Waals surface area contributed by atoms with Crippen molar-refractivity contribution in [3.8, 4) is 0 Å². The van der Waals surface area contributed by atoms with Gasteiger partial charge in [-0.15, -0.1) is 23.7 Å². The number of halogens is 1. The van der Waals surface area contributed by atoms with E-state index in [9.17, 15) is 9.59 Å². The number of likely N-dealkylation sites (tertiary alicyclic amines) is 2. The summed E-state index contributed by atoms with van der Waals surface area (Å²) in [5.74, 6) is 0.327. The van der Waals surface area contributed by atoms with Gasteiger partial charge in [0.1, 0.15) is 5.60 Å². The second-order valence-electron chi connectivity index (χ2n) is 7.47. The Labute approximate surface area is 170 Å². The molecule has 2 amide bonds. The predicted molar refractivity (Wildman–Crippen MR) is 108 cm³/mol. The van der Waals surface area contributed by atoms with Crippen LogP contribution in [0.15, 0.2) is 6.07 Å². The van der Waals surface area contributed by atoms with Crippen LogP contribution in [-0.2, 0) is 21.6 Å². The lowest BCUT2D eigenvalue weighted by Crippen LogP contribution is -2.49. The number of fused-ring (bicyclic) bond motifs is 2. The molecule has 0 radical (unpaired) electrons. The molecule has 2 fully saturated rings. The zero-order valence-corrected chi connectivity index (χ0v) is 17.4. The van der Waals surface area contributed by atoms with Gasteiger partial charge in [-0.2, -0.15) is 0 Å². The summed E-state index contributed by atoms with van der Waals surface area (Å²) >= 11 is 1.62. The molecule has 27 heavy (non-hydrogen) atoms. The van der Waals surface area contributed by atoms with E-state index >= 15 is 0 Å². The molecule has 0 atom stereocenters. The lowest BCUT2D eigenvalue weighted by atomic mass is 9.85. The first-order valence-electron chi connectivity index (χ1n) is 9.62. The molecule has 0 aromatic carbocycles. The Hall–Kier alpha value is -1.15. The summed E-state index contributed by atoms with van der Waals surface area (Å²) in [6.45, 7) is 4.27. The van der Waals surface area contributed by atoms with Gasteiger partial charge in [-0.3, -0.25) is 9.59 Å². The highest BCUT2D eigenvalue weighted by atomic mass is 35.5. The number of ether oxygens (including phenoxy) is 1. The molecule has 1 aromatic heterocycles. The third-order valence-electron chi connectivity index (χ3n) is 5.83. The van der Waals surface area contributed by atoms with Crippen LogP contribution < -0.4 is 5.32 Å². The molecule has 1 spiro atoms. The number of rotatable bonds is 3. The average Bonchev–Trinajstić information content (AvgIpc) is 3.33. The van der Waals surface area contributed by atoms with Crippen molar-refractivity contribution in [2.75, 3.05) is 46.4 Å². The number of hydrogen-bond donors (Lipinski definition) is 1. The van der Waals surface area contributed by atoms with Crippen LogP contribution in [0.4, 0.5) is 0 Å². The molecule has 3 aliphatic rings. The van der Waals surface area contributed by atoms with Gasteiger partial charge in [0.2, 0.25) is 5.91 Å². The number of piperidine rings is 1. The second-order valence-corrected chi connectivity index (χ2v) is 8.52. The fourth-order valence-electron chi connectivity index (χ4n) is 4.36. The maximum atomic E-state index is 12.8. The molecule has 4 rings (SSSR count). The van der Waals surface area contributed by atoms with Crippen LogP contribution in [0.25, 0.3) is 0 Å². The van der Waals surface area contributed by atoms with Crippen molar-refractivity contribution in [3.05, 3.63) is 21.4 Å². The molecule has 2 saturated heterocycles. The van der Waals surface area contributed by atoms with Crippen molar-refractivity contribution < 1.29 is 14.3 Å². The van der Waals surface area contributed by atoms with Gasteiger partial charge in [0.15, 0.2) is 0 Å². The van der Waals surface area contributed by atoms with Crippen LogP contribution in [0.2, 0.25) is 0 Å². The Morgan fingerprint density at radius 1 is 1.19 bits per heavy atom. The highest BCUT2D eigenvalue weighted by Gasteiger charge is 2.43. The summed E-state index contributed by atoms with van der Waals surface area (Å²) in [7, 11) is 1.80. The monoisotopic (exact) mass is 413 g/mol. The van der Waals surface area contributed by atoms with Crippen LogP contribution in [0.3, 0.4) is 0 Å². The third kappa shape index (κ3) is 3.88. The van der Waals surface area contributed by atoms with Crippen LogP contribution >= 0.6 is 23.7 Å². The Kier molecular flexibility index (Phi) is 6.46. The minimum atomic E-state index is -0.307. The standard InChI is InChI=1S/C19H27N3O3S.ClH/c1-20-13-16(23)21-9-5-19(6-10-21)17-14(4-11-25-19)12-15(26-17)18(24)22-7-2-3-8-22;/h12,20H,2-11,13H2,1H3;1H. The number of carbonyl (C=O) groups excluding carboxylic acids is 2. The summed E-state index contributed by atoms with van der Waals surface area (Å²) in [5, 5.41) is 2.93. The largest absolute Gasteiger partial charge is 0.369 e. The molecule has 0 bridgehead atoms. The third-order valence-corrected chi connectivity index (χ3v) is 7.18. The maximum Gasteiger partial charge on any atom is 0.263 e. The van der Waals surface area contributed by atoms with Crippen molar-refractivity contribution in [2.24, 2.45) is 0 Å². The van der Waals surface area contributed by atoms with Gasteiger partial charge in [-0.05, 0) is 50.8 Å². The zero-order chi connectivity index (χ0) is 18.1. The Morgan fingerprint density at radius 2 is 1.89 bits per heavy atom. The Bertz CT molecular complexity index is 694. The zero-order valence-electron chi connectivity index (χ0n) is 15.8. The number of carbonyl (C=O) groups is 2. The summed E-state index contributed by atoms with van der Waals surface area (Å²) in [6.07, 6.45) is 4.73. The first kappa shape index (κ1) is 20.6. The highest BCUT2D eigenvalue weighted by molar-refractivity contribution is 7.14. The molecule has 4 heterocycles. The SMILES string of the molecule is CNCC(=O)N1CCC2(CC1)OCCc1cc(C(=O)N3CCCC3)sc12.Cl. The van der Waals surface area contributed by atoms with E-state index in [0.717, 1.165) is 50.1 Å². The van der Waals surface area contributed by atoms with E-state index in [4.69, 9.17) is 4.74 Å². The molecular formula is C19H28ClN3O3S. The molecule has 1 N–H and O–H groups in total. The Balaban J connectivity index is 0.00000210. The highest BCUT2D eigenvalue weighted by Crippen LogP contribution is 2.45. The van der Waals surface area contributed by atoms with E-state index in [-0.39, 0.29) is 29.8 Å². The number of thiophene rings is 1. The fourth-order valence-corrected chi connectivity index (χ4v) is 5.73. The molecule has 0 aliphatic carbocycles. The van der Waals surface area contributed by atoms with Crippen molar-refractivity contribution >= 4 is 35.6 Å². The molecule has 150 valence electrons. The number of nitrogens with zero attached hydrogens (tertiary/aromatic N) is 2. The first-order valence-corrected chi connectivity index (χ1v) is 10.4. The smallest absolute Gasteiger partial charge is 0.263 e. The number of hydrogen-bond acceptors (Lipinski definition) is 5. The summed E-state index contributed by atoms with van der Waals surface area (Å²) < 4.78 is 6.27. The minimum Gasteiger partial charge on any atom is -0.369 e. The van der Waals surface area contributed by atoms with Gasteiger partial charge < -0.3 is 19.9 Å². The Morgan fingerprint density at radius 3 is 2.56 bits per heavy atom. The van der Waals surface area contributed by atoms with Crippen LogP contribution in [0.1, 0.15) is 45.8 Å². The lowest BCUT2D eigenvalue weighted by molar-refractivity contribution is -0.139. The summed E-state index contributed by atoms with van der Waals surface area (Å²) in [4.78, 5) is 30.9. The topological polar surface area (TPSA) is 61.9 Å². The molecule has 8 heteroatoms. The van der Waals surface area contributed by atoms with Gasteiger partial charge >= 0.3 is 0 Å². The van der Waals surface area contributed by atoms with Crippen LogP contribution in [-0.4, -0.2) is 68.0 Å². The molecule has 1 aromatic rings. The van der Waals surface area contributed by atoms with Gasteiger partial charge in [-0.25, -0.2) is 0 Å². The maximum absolute atomic E-state index is 12.8. The van der Waals surface area contributed by atoms with E-state index < -0.39 is 0 Å². The molecule has 0 saturated carbocycles. The average molecular weight is 414 g/mol. The van der Waals surface area contributed by atoms with E-state index in [1.54, 1.807) is 18.4 Å². The molecule has 0 unspecified atom stereocenters. The van der Waals surface area contributed by atoms with E-state index in [1.807, 2.05) is 9.80 Å². The lowest BCUT2D eigenvalue weighted by Gasteiger charge is -2.43. The van der Waals surface area contributed by atoms with Crippen molar-refractivity contribution in [3.63, 3.8) is 0 Å². The fraction of sp³-hybridized carbons (Fsp3) is 0.684. The normalized spacial score (nSPS) is 21.1. The molecule has 3 aliphatic heterocycles. The van der Waals surface area contributed by atoms with Gasteiger partial charge in [0, 0.05) is 31.1 Å². The van der Waals surface area contributed by atoms with Gasteiger partial charge in [-0.1, -0.05) is 0 Å². The summed E-state index contributed by atoms with van der Waals surface area (Å²) in [5.41, 5.74) is 0.969. The van der Waals surface area contributed by atoms with E-state index in [2.05, 4.69) is 11.4 Å². The summed E-state index contributed by atoms with van der Waals surface area (Å²) in [6, 6.07) is 2.10. The predicted octanol–water partition coefficient (Wildman–Crippen LogP) is 2.02.